The summed E-state index contributed by atoms with van der Waals surface area (Å²) in [6.07, 6.45) is 7.02. The van der Waals surface area contributed by atoms with Gasteiger partial charge in [0.25, 0.3) is 0 Å². The second kappa shape index (κ2) is 8.48. The number of hydrogen-bond acceptors (Lipinski definition) is 3. The molecule has 2 fully saturated rings. The molecule has 0 aromatic rings. The minimum Gasteiger partial charge on any atom is -0.373 e. The molecular weight excluding hydrogens is 288 g/mol. The molecule has 1 amide bonds. The lowest BCUT2D eigenvalue weighted by molar-refractivity contribution is -0.144. The minimum atomic E-state index is -0.0163. The van der Waals surface area contributed by atoms with Crippen LogP contribution in [0.1, 0.15) is 59.8 Å². The van der Waals surface area contributed by atoms with Crippen LogP contribution in [0, 0.1) is 11.8 Å². The molecule has 1 heterocycles. The van der Waals surface area contributed by atoms with E-state index in [0.717, 1.165) is 19.6 Å². The molecule has 0 aromatic carbocycles. The Labute approximate surface area is 142 Å². The lowest BCUT2D eigenvalue weighted by Gasteiger charge is -2.42. The molecule has 1 saturated heterocycles. The predicted molar refractivity (Wildman–Crippen MR) is 94.4 cm³/mol. The van der Waals surface area contributed by atoms with E-state index in [1.807, 2.05) is 11.9 Å². The third kappa shape index (κ3) is 5.18. The van der Waals surface area contributed by atoms with Crippen molar-refractivity contribution < 1.29 is 9.53 Å². The van der Waals surface area contributed by atoms with Crippen LogP contribution >= 0.6 is 0 Å². The summed E-state index contributed by atoms with van der Waals surface area (Å²) in [6.45, 7) is 11.2. The van der Waals surface area contributed by atoms with Crippen LogP contribution in [0.3, 0.4) is 0 Å². The van der Waals surface area contributed by atoms with Crippen molar-refractivity contribution in [2.75, 3.05) is 26.7 Å². The van der Waals surface area contributed by atoms with E-state index in [4.69, 9.17) is 4.74 Å². The molecule has 4 nitrogen and oxygen atoms in total. The van der Waals surface area contributed by atoms with Crippen LogP contribution in [-0.4, -0.2) is 60.6 Å². The summed E-state index contributed by atoms with van der Waals surface area (Å²) >= 11 is 0. The van der Waals surface area contributed by atoms with Crippen molar-refractivity contribution >= 4 is 5.91 Å². The zero-order chi connectivity index (χ0) is 17.0. The molecule has 0 radical (unpaired) electrons. The standard InChI is InChI=1S/C19H36N2O2/c1-14(2)18(21-11-15(3)23-16(4)12-21)19(22)20(5)13-17-9-7-6-8-10-17/h14-18H,6-13H2,1-5H3. The molecule has 1 saturated carbocycles. The second-order valence-corrected chi connectivity index (χ2v) is 8.12. The van der Waals surface area contributed by atoms with E-state index in [2.05, 4.69) is 32.6 Å². The van der Waals surface area contributed by atoms with Gasteiger partial charge in [-0.3, -0.25) is 9.69 Å². The number of likely N-dealkylation sites (N-methyl/N-ethyl adjacent to an activating group) is 1. The van der Waals surface area contributed by atoms with Gasteiger partial charge in [0.05, 0.1) is 18.2 Å². The first kappa shape index (κ1) is 18.7. The summed E-state index contributed by atoms with van der Waals surface area (Å²) in [4.78, 5) is 17.5. The maximum atomic E-state index is 13.1. The van der Waals surface area contributed by atoms with Gasteiger partial charge in [-0.05, 0) is 38.5 Å². The van der Waals surface area contributed by atoms with E-state index in [9.17, 15) is 4.79 Å². The molecule has 3 unspecified atom stereocenters. The maximum absolute atomic E-state index is 13.1. The molecule has 2 rings (SSSR count). The third-order valence-corrected chi connectivity index (χ3v) is 5.36. The summed E-state index contributed by atoms with van der Waals surface area (Å²) in [5.74, 6) is 1.33. The number of morpholine rings is 1. The Hall–Kier alpha value is -0.610. The van der Waals surface area contributed by atoms with Gasteiger partial charge in [0, 0.05) is 26.7 Å². The van der Waals surface area contributed by atoms with Gasteiger partial charge in [-0.1, -0.05) is 33.1 Å². The fourth-order valence-corrected chi connectivity index (χ4v) is 4.38. The van der Waals surface area contributed by atoms with E-state index < -0.39 is 0 Å². The first-order valence-corrected chi connectivity index (χ1v) is 9.53. The van der Waals surface area contributed by atoms with Gasteiger partial charge in [-0.15, -0.1) is 0 Å². The lowest BCUT2D eigenvalue weighted by atomic mass is 9.88. The molecule has 0 N–H and O–H groups in total. The first-order valence-electron chi connectivity index (χ1n) is 9.53. The normalized spacial score (nSPS) is 28.8. The number of carbonyl (C=O) groups is 1. The maximum Gasteiger partial charge on any atom is 0.239 e. The van der Waals surface area contributed by atoms with Crippen LogP contribution in [0.4, 0.5) is 0 Å². The molecule has 1 aliphatic carbocycles. The molecule has 4 heteroatoms. The number of ether oxygens (including phenoxy) is 1. The van der Waals surface area contributed by atoms with Gasteiger partial charge >= 0.3 is 0 Å². The Bertz CT molecular complexity index is 370. The van der Waals surface area contributed by atoms with E-state index in [0.29, 0.717) is 17.7 Å². The Kier molecular flexibility index (Phi) is 6.90. The van der Waals surface area contributed by atoms with Gasteiger partial charge in [-0.25, -0.2) is 0 Å². The molecule has 23 heavy (non-hydrogen) atoms. The first-order chi connectivity index (χ1) is 10.9. The smallest absolute Gasteiger partial charge is 0.239 e. The summed E-state index contributed by atoms with van der Waals surface area (Å²) in [7, 11) is 2.00. The van der Waals surface area contributed by atoms with Crippen LogP contribution in [0.2, 0.25) is 0 Å². The quantitative estimate of drug-likeness (QED) is 0.779. The average molecular weight is 325 g/mol. The van der Waals surface area contributed by atoms with Gasteiger partial charge in [0.1, 0.15) is 0 Å². The Morgan fingerprint density at radius 1 is 1.13 bits per heavy atom. The second-order valence-electron chi connectivity index (χ2n) is 8.12. The Balaban J connectivity index is 1.99. The van der Waals surface area contributed by atoms with Crippen LogP contribution in [-0.2, 0) is 9.53 Å². The highest BCUT2D eigenvalue weighted by Crippen LogP contribution is 2.25. The van der Waals surface area contributed by atoms with Crippen molar-refractivity contribution in [3.63, 3.8) is 0 Å². The van der Waals surface area contributed by atoms with Crippen LogP contribution in [0.5, 0.6) is 0 Å². The number of amides is 1. The highest BCUT2D eigenvalue weighted by Gasteiger charge is 2.36. The lowest BCUT2D eigenvalue weighted by Crippen LogP contribution is -2.57. The Morgan fingerprint density at radius 3 is 2.22 bits per heavy atom. The van der Waals surface area contributed by atoms with Crippen molar-refractivity contribution in [1.82, 2.24) is 9.80 Å². The molecule has 3 atom stereocenters. The number of hydrogen-bond donors (Lipinski definition) is 0. The predicted octanol–water partition coefficient (Wildman–Crippen LogP) is 3.16. The fraction of sp³-hybridized carbons (Fsp3) is 0.947. The summed E-state index contributed by atoms with van der Waals surface area (Å²) < 4.78 is 5.84. The molecule has 2 aliphatic rings. The van der Waals surface area contributed by atoms with Crippen LogP contribution in [0.25, 0.3) is 0 Å². The SMILES string of the molecule is CC1CN(C(C(=O)N(C)CC2CCCCC2)C(C)C)CC(C)O1. The summed E-state index contributed by atoms with van der Waals surface area (Å²) in [6, 6.07) is -0.0163. The van der Waals surface area contributed by atoms with E-state index >= 15 is 0 Å². The molecule has 1 aliphatic heterocycles. The monoisotopic (exact) mass is 324 g/mol. The largest absolute Gasteiger partial charge is 0.373 e. The van der Waals surface area contributed by atoms with Gasteiger partial charge in [0.15, 0.2) is 0 Å². The van der Waals surface area contributed by atoms with Crippen molar-refractivity contribution in [3.05, 3.63) is 0 Å². The summed E-state index contributed by atoms with van der Waals surface area (Å²) in [5.41, 5.74) is 0. The molecule has 0 aromatic heterocycles. The van der Waals surface area contributed by atoms with Crippen molar-refractivity contribution in [1.29, 1.82) is 0 Å². The van der Waals surface area contributed by atoms with Crippen molar-refractivity contribution in [3.8, 4) is 0 Å². The van der Waals surface area contributed by atoms with E-state index in [1.165, 1.54) is 32.1 Å². The average Bonchev–Trinajstić information content (AvgIpc) is 2.46. The van der Waals surface area contributed by atoms with Gasteiger partial charge in [-0.2, -0.15) is 0 Å². The minimum absolute atomic E-state index is 0.0163. The molecule has 0 spiro atoms. The summed E-state index contributed by atoms with van der Waals surface area (Å²) in [5, 5.41) is 0. The third-order valence-electron chi connectivity index (χ3n) is 5.36. The fourth-order valence-electron chi connectivity index (χ4n) is 4.38. The molecule has 134 valence electrons. The molecule has 0 bridgehead atoms. The van der Waals surface area contributed by atoms with Crippen molar-refractivity contribution in [2.45, 2.75) is 78.0 Å². The molecular formula is C19H36N2O2. The van der Waals surface area contributed by atoms with E-state index in [1.54, 1.807) is 0 Å². The van der Waals surface area contributed by atoms with E-state index in [-0.39, 0.29) is 18.2 Å². The number of carbonyl (C=O) groups excluding carboxylic acids is 1. The Morgan fingerprint density at radius 2 is 1.70 bits per heavy atom. The zero-order valence-electron chi connectivity index (χ0n) is 15.8. The number of rotatable bonds is 5. The van der Waals surface area contributed by atoms with Crippen molar-refractivity contribution in [2.24, 2.45) is 11.8 Å². The topological polar surface area (TPSA) is 32.8 Å². The zero-order valence-corrected chi connectivity index (χ0v) is 15.8. The van der Waals surface area contributed by atoms with Crippen LogP contribution in [0.15, 0.2) is 0 Å². The highest BCUT2D eigenvalue weighted by molar-refractivity contribution is 5.82. The van der Waals surface area contributed by atoms with Gasteiger partial charge < -0.3 is 9.64 Å². The number of nitrogens with zero attached hydrogens (tertiary/aromatic N) is 2. The van der Waals surface area contributed by atoms with Gasteiger partial charge in [0.2, 0.25) is 5.91 Å². The highest BCUT2D eigenvalue weighted by atomic mass is 16.5. The van der Waals surface area contributed by atoms with Crippen LogP contribution < -0.4 is 0 Å².